The number of carbonyl (C=O) groups is 1. The maximum absolute atomic E-state index is 11.6. The molecule has 6 nitrogen and oxygen atoms in total. The Morgan fingerprint density at radius 2 is 1.95 bits per heavy atom. The summed E-state index contributed by atoms with van der Waals surface area (Å²) in [7, 11) is 0. The van der Waals surface area contributed by atoms with E-state index in [1.807, 2.05) is 32.9 Å². The molecule has 0 spiro atoms. The van der Waals surface area contributed by atoms with Gasteiger partial charge in [-0.25, -0.2) is 4.79 Å². The van der Waals surface area contributed by atoms with E-state index in [4.69, 9.17) is 15.0 Å². The first-order valence-corrected chi connectivity index (χ1v) is 6.16. The molecular formula is C14H17N3O3. The van der Waals surface area contributed by atoms with Crippen LogP contribution in [-0.4, -0.2) is 16.9 Å². The molecule has 0 unspecified atom stereocenters. The number of amides is 1. The van der Waals surface area contributed by atoms with Gasteiger partial charge in [0.2, 0.25) is 5.88 Å². The first-order valence-electron chi connectivity index (χ1n) is 6.16. The average Bonchev–Trinajstić information content (AvgIpc) is 2.74. The molecule has 0 fully saturated rings. The average molecular weight is 275 g/mol. The fourth-order valence-corrected chi connectivity index (χ4v) is 1.62. The summed E-state index contributed by atoms with van der Waals surface area (Å²) < 4.78 is 9.97. The van der Waals surface area contributed by atoms with Gasteiger partial charge in [0.25, 0.3) is 0 Å². The third kappa shape index (κ3) is 3.50. The Morgan fingerprint density at radius 3 is 2.45 bits per heavy atom. The molecule has 0 atom stereocenters. The number of aromatic nitrogens is 1. The van der Waals surface area contributed by atoms with Crippen molar-refractivity contribution in [1.29, 1.82) is 0 Å². The van der Waals surface area contributed by atoms with Gasteiger partial charge in [-0.15, -0.1) is 0 Å². The van der Waals surface area contributed by atoms with Crippen LogP contribution in [0.4, 0.5) is 16.4 Å². The monoisotopic (exact) mass is 275 g/mol. The summed E-state index contributed by atoms with van der Waals surface area (Å²) in [5.74, 6) is 0.262. The van der Waals surface area contributed by atoms with Crippen molar-refractivity contribution in [3.05, 3.63) is 30.5 Å². The van der Waals surface area contributed by atoms with Crippen LogP contribution >= 0.6 is 0 Å². The van der Waals surface area contributed by atoms with Crippen molar-refractivity contribution in [2.75, 3.05) is 11.1 Å². The Bertz CT molecular complexity index is 597. The van der Waals surface area contributed by atoms with Gasteiger partial charge >= 0.3 is 6.09 Å². The van der Waals surface area contributed by atoms with Crippen molar-refractivity contribution in [2.24, 2.45) is 0 Å². The lowest BCUT2D eigenvalue weighted by atomic mass is 10.1. The SMILES string of the molecule is CC(C)(C)OC(=O)Nc1ccc(-c2cnoc2N)cc1. The molecule has 2 aromatic rings. The number of nitrogens with zero attached hydrogens (tertiary/aromatic N) is 1. The summed E-state index contributed by atoms with van der Waals surface area (Å²) in [5, 5.41) is 6.27. The Hall–Kier alpha value is -2.50. The van der Waals surface area contributed by atoms with Crippen molar-refractivity contribution in [3.63, 3.8) is 0 Å². The van der Waals surface area contributed by atoms with Crippen molar-refractivity contribution in [2.45, 2.75) is 26.4 Å². The number of hydrogen-bond acceptors (Lipinski definition) is 5. The Kier molecular flexibility index (Phi) is 3.65. The number of hydrogen-bond donors (Lipinski definition) is 2. The van der Waals surface area contributed by atoms with E-state index < -0.39 is 11.7 Å². The van der Waals surface area contributed by atoms with Gasteiger partial charge < -0.3 is 15.0 Å². The fourth-order valence-electron chi connectivity index (χ4n) is 1.62. The minimum Gasteiger partial charge on any atom is -0.444 e. The van der Waals surface area contributed by atoms with Crippen LogP contribution in [0, 0.1) is 0 Å². The molecule has 0 saturated heterocycles. The van der Waals surface area contributed by atoms with Gasteiger partial charge in [0.15, 0.2) is 0 Å². The van der Waals surface area contributed by atoms with Crippen molar-refractivity contribution >= 4 is 17.7 Å². The van der Waals surface area contributed by atoms with Crippen LogP contribution in [-0.2, 0) is 4.74 Å². The number of benzene rings is 1. The van der Waals surface area contributed by atoms with Gasteiger partial charge in [0.05, 0.1) is 11.8 Å². The Morgan fingerprint density at radius 1 is 1.30 bits per heavy atom. The predicted molar refractivity (Wildman–Crippen MR) is 76.2 cm³/mol. The van der Waals surface area contributed by atoms with E-state index in [2.05, 4.69) is 10.5 Å². The molecule has 1 amide bonds. The third-order valence-corrected chi connectivity index (χ3v) is 2.44. The van der Waals surface area contributed by atoms with Crippen molar-refractivity contribution in [1.82, 2.24) is 5.16 Å². The maximum Gasteiger partial charge on any atom is 0.412 e. The molecule has 1 aromatic heterocycles. The van der Waals surface area contributed by atoms with Crippen molar-refractivity contribution in [3.8, 4) is 11.1 Å². The number of anilines is 2. The minimum absolute atomic E-state index is 0.262. The zero-order valence-electron chi connectivity index (χ0n) is 11.6. The highest BCUT2D eigenvalue weighted by Crippen LogP contribution is 2.26. The van der Waals surface area contributed by atoms with Gasteiger partial charge in [-0.05, 0) is 38.5 Å². The van der Waals surface area contributed by atoms with Crippen LogP contribution in [0.5, 0.6) is 0 Å². The van der Waals surface area contributed by atoms with E-state index in [1.54, 1.807) is 18.3 Å². The number of nitrogen functional groups attached to an aromatic ring is 1. The second kappa shape index (κ2) is 5.24. The predicted octanol–water partition coefficient (Wildman–Crippen LogP) is 3.27. The normalized spacial score (nSPS) is 11.2. The second-order valence-electron chi connectivity index (χ2n) is 5.31. The van der Waals surface area contributed by atoms with E-state index in [9.17, 15) is 4.79 Å². The molecule has 0 aliphatic heterocycles. The largest absolute Gasteiger partial charge is 0.444 e. The van der Waals surface area contributed by atoms with Crippen LogP contribution < -0.4 is 11.1 Å². The number of nitrogens with two attached hydrogens (primary N) is 1. The smallest absolute Gasteiger partial charge is 0.412 e. The summed E-state index contributed by atoms with van der Waals surface area (Å²) in [4.78, 5) is 11.6. The fraction of sp³-hybridized carbons (Fsp3) is 0.286. The van der Waals surface area contributed by atoms with E-state index in [0.29, 0.717) is 11.3 Å². The zero-order chi connectivity index (χ0) is 14.8. The summed E-state index contributed by atoms with van der Waals surface area (Å²) in [5.41, 5.74) is 7.33. The molecule has 0 bridgehead atoms. The van der Waals surface area contributed by atoms with E-state index in [-0.39, 0.29) is 5.88 Å². The van der Waals surface area contributed by atoms with E-state index in [0.717, 1.165) is 5.56 Å². The van der Waals surface area contributed by atoms with E-state index in [1.165, 1.54) is 0 Å². The number of carbonyl (C=O) groups excluding carboxylic acids is 1. The molecule has 6 heteroatoms. The highest BCUT2D eigenvalue weighted by molar-refractivity contribution is 5.85. The molecule has 20 heavy (non-hydrogen) atoms. The van der Waals surface area contributed by atoms with Gasteiger partial charge in [0.1, 0.15) is 5.60 Å². The Balaban J connectivity index is 2.06. The van der Waals surface area contributed by atoms with Crippen LogP contribution in [0.2, 0.25) is 0 Å². The first-order chi connectivity index (χ1) is 9.35. The number of nitrogens with one attached hydrogen (secondary N) is 1. The molecule has 1 heterocycles. The molecule has 3 N–H and O–H groups in total. The molecule has 0 aliphatic rings. The van der Waals surface area contributed by atoms with Gasteiger partial charge in [-0.2, -0.15) is 0 Å². The van der Waals surface area contributed by atoms with Gasteiger partial charge in [-0.3, -0.25) is 5.32 Å². The van der Waals surface area contributed by atoms with Gasteiger partial charge in [-0.1, -0.05) is 17.3 Å². The van der Waals surface area contributed by atoms with Crippen LogP contribution in [0.25, 0.3) is 11.1 Å². The molecular weight excluding hydrogens is 258 g/mol. The quantitative estimate of drug-likeness (QED) is 0.877. The van der Waals surface area contributed by atoms with Crippen LogP contribution in [0.3, 0.4) is 0 Å². The van der Waals surface area contributed by atoms with Crippen LogP contribution in [0.1, 0.15) is 20.8 Å². The number of rotatable bonds is 2. The molecule has 1 aromatic carbocycles. The summed E-state index contributed by atoms with van der Waals surface area (Å²) >= 11 is 0. The minimum atomic E-state index is -0.527. The van der Waals surface area contributed by atoms with Crippen LogP contribution in [0.15, 0.2) is 35.0 Å². The van der Waals surface area contributed by atoms with E-state index >= 15 is 0 Å². The number of ether oxygens (including phenoxy) is 1. The molecule has 0 radical (unpaired) electrons. The molecule has 0 aliphatic carbocycles. The third-order valence-electron chi connectivity index (χ3n) is 2.44. The lowest BCUT2D eigenvalue weighted by Gasteiger charge is -2.19. The molecule has 106 valence electrons. The lowest BCUT2D eigenvalue weighted by Crippen LogP contribution is -2.27. The molecule has 2 rings (SSSR count). The topological polar surface area (TPSA) is 90.4 Å². The zero-order valence-corrected chi connectivity index (χ0v) is 11.6. The summed E-state index contributed by atoms with van der Waals surface area (Å²) in [6.07, 6.45) is 1.06. The highest BCUT2D eigenvalue weighted by Gasteiger charge is 2.16. The van der Waals surface area contributed by atoms with Crippen molar-refractivity contribution < 1.29 is 14.1 Å². The maximum atomic E-state index is 11.6. The second-order valence-corrected chi connectivity index (χ2v) is 5.31. The first kappa shape index (κ1) is 13.9. The molecule has 0 saturated carbocycles. The Labute approximate surface area is 116 Å². The summed E-state index contributed by atoms with van der Waals surface area (Å²) in [6.45, 7) is 5.43. The van der Waals surface area contributed by atoms with Gasteiger partial charge in [0, 0.05) is 5.69 Å². The summed E-state index contributed by atoms with van der Waals surface area (Å²) in [6, 6.07) is 7.14. The lowest BCUT2D eigenvalue weighted by molar-refractivity contribution is 0.0636. The highest BCUT2D eigenvalue weighted by atomic mass is 16.6. The standard InChI is InChI=1S/C14H17N3O3/c1-14(2,3)19-13(18)17-10-6-4-9(5-7-10)11-8-16-20-12(11)15/h4-8H,15H2,1-3H3,(H,17,18).